The Labute approximate surface area is 113 Å². The summed E-state index contributed by atoms with van der Waals surface area (Å²) in [6, 6.07) is 3.23. The number of nitrogen functional groups attached to an aromatic ring is 1. The highest BCUT2D eigenvalue weighted by molar-refractivity contribution is 9.10. The molecule has 1 aromatic carbocycles. The summed E-state index contributed by atoms with van der Waals surface area (Å²) in [6.45, 7) is 0. The van der Waals surface area contributed by atoms with Crippen LogP contribution in [-0.2, 0) is 9.53 Å². The van der Waals surface area contributed by atoms with Crippen LogP contribution in [0.15, 0.2) is 16.6 Å². The number of ether oxygens (including phenoxy) is 1. The number of carbonyl (C=O) groups is 2. The zero-order chi connectivity index (χ0) is 13.3. The number of nitrogens with two attached hydrogens (primary N) is 1. The van der Waals surface area contributed by atoms with Crippen molar-refractivity contribution in [3.63, 3.8) is 0 Å². The molecule has 0 aliphatic heterocycles. The predicted octanol–water partition coefficient (Wildman–Crippen LogP) is 2.17. The van der Waals surface area contributed by atoms with Gasteiger partial charge < -0.3 is 15.8 Å². The fourth-order valence-electron chi connectivity index (χ4n) is 1.58. The second kappa shape index (κ2) is 4.97. The van der Waals surface area contributed by atoms with Crippen LogP contribution in [0, 0.1) is 5.92 Å². The van der Waals surface area contributed by atoms with E-state index in [9.17, 15) is 9.59 Å². The first-order valence-corrected chi connectivity index (χ1v) is 6.30. The lowest BCUT2D eigenvalue weighted by Crippen LogP contribution is -2.16. The number of carbonyl (C=O) groups excluding carboxylic acids is 2. The summed E-state index contributed by atoms with van der Waals surface area (Å²) < 4.78 is 5.30. The van der Waals surface area contributed by atoms with Crippen molar-refractivity contribution in [3.8, 4) is 0 Å². The van der Waals surface area contributed by atoms with Crippen LogP contribution in [0.25, 0.3) is 0 Å². The average Bonchev–Trinajstić information content (AvgIpc) is 3.16. The van der Waals surface area contributed by atoms with E-state index in [2.05, 4.69) is 26.0 Å². The maximum Gasteiger partial charge on any atom is 0.340 e. The Hall–Kier alpha value is -1.56. The minimum atomic E-state index is -0.532. The third-order valence-electron chi connectivity index (χ3n) is 2.76. The summed E-state index contributed by atoms with van der Waals surface area (Å²) in [6.07, 6.45) is 1.81. The number of esters is 1. The average molecular weight is 313 g/mol. The van der Waals surface area contributed by atoms with Crippen molar-refractivity contribution >= 4 is 39.2 Å². The highest BCUT2D eigenvalue weighted by Gasteiger charge is 2.30. The molecular weight excluding hydrogens is 300 g/mol. The van der Waals surface area contributed by atoms with Crippen LogP contribution in [0.2, 0.25) is 0 Å². The Morgan fingerprint density at radius 1 is 1.44 bits per heavy atom. The number of amides is 1. The van der Waals surface area contributed by atoms with E-state index < -0.39 is 5.97 Å². The second-order valence-electron chi connectivity index (χ2n) is 4.17. The molecule has 5 nitrogen and oxygen atoms in total. The van der Waals surface area contributed by atoms with E-state index in [1.165, 1.54) is 7.11 Å². The minimum Gasteiger partial charge on any atom is -0.465 e. The molecule has 3 N–H and O–H groups in total. The van der Waals surface area contributed by atoms with E-state index in [4.69, 9.17) is 5.73 Å². The van der Waals surface area contributed by atoms with Crippen LogP contribution < -0.4 is 11.1 Å². The first kappa shape index (κ1) is 12.9. The molecule has 0 radical (unpaired) electrons. The molecule has 1 aliphatic rings. The monoisotopic (exact) mass is 312 g/mol. The SMILES string of the molecule is COC(=O)c1cc(Br)cc(NC(=O)C2CC2)c1N. The molecule has 1 amide bonds. The topological polar surface area (TPSA) is 81.4 Å². The molecule has 96 valence electrons. The maximum atomic E-state index is 11.7. The van der Waals surface area contributed by atoms with Gasteiger partial charge in [-0.2, -0.15) is 0 Å². The van der Waals surface area contributed by atoms with Gasteiger partial charge in [-0.15, -0.1) is 0 Å². The van der Waals surface area contributed by atoms with Crippen LogP contribution in [0.4, 0.5) is 11.4 Å². The van der Waals surface area contributed by atoms with Gasteiger partial charge >= 0.3 is 5.97 Å². The molecule has 0 unspecified atom stereocenters. The number of methoxy groups -OCH3 is 1. The van der Waals surface area contributed by atoms with Crippen LogP contribution in [0.3, 0.4) is 0 Å². The Kier molecular flexibility index (Phi) is 3.56. The van der Waals surface area contributed by atoms with Crippen molar-refractivity contribution in [2.45, 2.75) is 12.8 Å². The number of nitrogens with one attached hydrogen (secondary N) is 1. The Balaban J connectivity index is 2.31. The van der Waals surface area contributed by atoms with Crippen LogP contribution >= 0.6 is 15.9 Å². The molecule has 1 aliphatic carbocycles. The van der Waals surface area contributed by atoms with Crippen molar-refractivity contribution in [2.75, 3.05) is 18.2 Å². The van der Waals surface area contributed by atoms with E-state index >= 15 is 0 Å². The largest absolute Gasteiger partial charge is 0.465 e. The van der Waals surface area contributed by atoms with Gasteiger partial charge in [0.05, 0.1) is 24.0 Å². The summed E-state index contributed by atoms with van der Waals surface area (Å²) in [4.78, 5) is 23.2. The van der Waals surface area contributed by atoms with Crippen LogP contribution in [-0.4, -0.2) is 19.0 Å². The highest BCUT2D eigenvalue weighted by atomic mass is 79.9. The van der Waals surface area contributed by atoms with E-state index in [1.807, 2.05) is 0 Å². The van der Waals surface area contributed by atoms with E-state index in [1.54, 1.807) is 12.1 Å². The maximum absolute atomic E-state index is 11.7. The van der Waals surface area contributed by atoms with Gasteiger partial charge in [0.1, 0.15) is 0 Å². The summed E-state index contributed by atoms with van der Waals surface area (Å²) >= 11 is 3.27. The second-order valence-corrected chi connectivity index (χ2v) is 5.09. The number of rotatable bonds is 3. The van der Waals surface area contributed by atoms with Gasteiger partial charge in [-0.05, 0) is 25.0 Å². The number of hydrogen-bond acceptors (Lipinski definition) is 4. The molecule has 0 saturated heterocycles. The quantitative estimate of drug-likeness (QED) is 0.662. The molecule has 0 heterocycles. The first-order chi connectivity index (χ1) is 8.52. The van der Waals surface area contributed by atoms with Crippen molar-refractivity contribution in [3.05, 3.63) is 22.2 Å². The normalized spacial score (nSPS) is 14.1. The van der Waals surface area contributed by atoms with Crippen molar-refractivity contribution in [1.29, 1.82) is 0 Å². The van der Waals surface area contributed by atoms with Crippen molar-refractivity contribution < 1.29 is 14.3 Å². The Morgan fingerprint density at radius 2 is 2.11 bits per heavy atom. The molecule has 18 heavy (non-hydrogen) atoms. The van der Waals surface area contributed by atoms with Gasteiger partial charge in [0.2, 0.25) is 5.91 Å². The Morgan fingerprint density at radius 3 is 2.67 bits per heavy atom. The smallest absolute Gasteiger partial charge is 0.340 e. The standard InChI is InChI=1S/C12H13BrN2O3/c1-18-12(17)8-4-7(13)5-9(10(8)14)15-11(16)6-2-3-6/h4-6H,2-3,14H2,1H3,(H,15,16). The van der Waals surface area contributed by atoms with Crippen LogP contribution in [0.1, 0.15) is 23.2 Å². The van der Waals surface area contributed by atoms with E-state index in [-0.39, 0.29) is 23.1 Å². The number of anilines is 2. The van der Waals surface area contributed by atoms with E-state index in [0.717, 1.165) is 12.8 Å². The van der Waals surface area contributed by atoms with Crippen molar-refractivity contribution in [2.24, 2.45) is 5.92 Å². The molecule has 6 heteroatoms. The molecule has 0 atom stereocenters. The minimum absolute atomic E-state index is 0.0596. The lowest BCUT2D eigenvalue weighted by molar-refractivity contribution is -0.117. The third-order valence-corrected chi connectivity index (χ3v) is 3.21. The number of hydrogen-bond donors (Lipinski definition) is 2. The molecule has 0 aromatic heterocycles. The van der Waals surface area contributed by atoms with Gasteiger partial charge in [-0.1, -0.05) is 15.9 Å². The summed E-state index contributed by atoms with van der Waals surface area (Å²) in [7, 11) is 1.28. The van der Waals surface area contributed by atoms with Gasteiger partial charge in [0, 0.05) is 10.4 Å². The third kappa shape index (κ3) is 2.64. The van der Waals surface area contributed by atoms with Gasteiger partial charge in [0.15, 0.2) is 0 Å². The number of benzene rings is 1. The highest BCUT2D eigenvalue weighted by Crippen LogP contribution is 2.33. The van der Waals surface area contributed by atoms with Gasteiger partial charge in [-0.25, -0.2) is 4.79 Å². The zero-order valence-corrected chi connectivity index (χ0v) is 11.4. The van der Waals surface area contributed by atoms with Gasteiger partial charge in [-0.3, -0.25) is 4.79 Å². The summed E-state index contributed by atoms with van der Waals surface area (Å²) in [5.41, 5.74) is 6.75. The predicted molar refractivity (Wildman–Crippen MR) is 71.2 cm³/mol. The zero-order valence-electron chi connectivity index (χ0n) is 9.83. The molecule has 0 bridgehead atoms. The molecule has 0 spiro atoms. The molecular formula is C12H13BrN2O3. The fourth-order valence-corrected chi connectivity index (χ4v) is 2.04. The molecule has 1 aromatic rings. The number of halogens is 1. The lowest BCUT2D eigenvalue weighted by atomic mass is 10.1. The molecule has 1 fully saturated rings. The molecule has 1 saturated carbocycles. The van der Waals surface area contributed by atoms with Crippen LogP contribution in [0.5, 0.6) is 0 Å². The lowest BCUT2D eigenvalue weighted by Gasteiger charge is -2.11. The Bertz CT molecular complexity index is 512. The fraction of sp³-hybridized carbons (Fsp3) is 0.333. The van der Waals surface area contributed by atoms with Crippen molar-refractivity contribution in [1.82, 2.24) is 0 Å². The summed E-state index contributed by atoms with van der Waals surface area (Å²) in [5, 5.41) is 2.73. The first-order valence-electron chi connectivity index (χ1n) is 5.51. The summed E-state index contributed by atoms with van der Waals surface area (Å²) in [5.74, 6) is -0.517. The molecule has 2 rings (SSSR count). The van der Waals surface area contributed by atoms with Gasteiger partial charge in [0.25, 0.3) is 0 Å². The van der Waals surface area contributed by atoms with E-state index in [0.29, 0.717) is 10.2 Å².